The van der Waals surface area contributed by atoms with E-state index >= 15 is 0 Å². The van der Waals surface area contributed by atoms with E-state index in [0.717, 1.165) is 42.8 Å². The van der Waals surface area contributed by atoms with E-state index in [-0.39, 0.29) is 34.2 Å². The van der Waals surface area contributed by atoms with Gasteiger partial charge in [-0.05, 0) is 43.9 Å². The number of likely N-dealkylation sites (tertiary alicyclic amines) is 1. The highest BCUT2D eigenvalue weighted by molar-refractivity contribution is 7.09. The molecular formula is C21H23ClFN3O2S. The molecule has 0 bridgehead atoms. The summed E-state index contributed by atoms with van der Waals surface area (Å²) in [5.74, 6) is -0.294. The third-order valence-electron chi connectivity index (χ3n) is 5.71. The van der Waals surface area contributed by atoms with Crippen LogP contribution >= 0.6 is 22.9 Å². The van der Waals surface area contributed by atoms with Gasteiger partial charge in [0.15, 0.2) is 0 Å². The van der Waals surface area contributed by atoms with Crippen molar-refractivity contribution >= 4 is 34.8 Å². The number of halogens is 2. The molecule has 1 aliphatic carbocycles. The molecule has 0 spiro atoms. The zero-order chi connectivity index (χ0) is 20.4. The molecule has 1 aliphatic heterocycles. The van der Waals surface area contributed by atoms with Gasteiger partial charge < -0.3 is 10.2 Å². The quantitative estimate of drug-likeness (QED) is 0.758. The zero-order valence-corrected chi connectivity index (χ0v) is 17.6. The van der Waals surface area contributed by atoms with Gasteiger partial charge in [0.05, 0.1) is 27.8 Å². The summed E-state index contributed by atoms with van der Waals surface area (Å²) in [7, 11) is 0. The predicted molar refractivity (Wildman–Crippen MR) is 111 cm³/mol. The Kier molecular flexibility index (Phi) is 6.15. The SMILES string of the molecule is O=C(NCc1csc(C2CCCN(C(=O)c3cc(F)ccc3Cl)C2)n1)C1CCC1. The minimum absolute atomic E-state index is 0.118. The van der Waals surface area contributed by atoms with E-state index in [9.17, 15) is 14.0 Å². The number of carbonyl (C=O) groups excluding carboxylic acids is 2. The second-order valence-corrected chi connectivity index (χ2v) is 9.03. The summed E-state index contributed by atoms with van der Waals surface area (Å²) < 4.78 is 13.6. The van der Waals surface area contributed by atoms with Crippen LogP contribution in [-0.2, 0) is 11.3 Å². The molecule has 1 unspecified atom stereocenters. The smallest absolute Gasteiger partial charge is 0.255 e. The molecule has 2 amide bonds. The number of piperidine rings is 1. The van der Waals surface area contributed by atoms with Gasteiger partial charge in [-0.25, -0.2) is 9.37 Å². The monoisotopic (exact) mass is 435 g/mol. The number of nitrogens with zero attached hydrogens (tertiary/aromatic N) is 2. The van der Waals surface area contributed by atoms with E-state index in [0.29, 0.717) is 19.6 Å². The number of rotatable bonds is 5. The van der Waals surface area contributed by atoms with Gasteiger partial charge in [-0.1, -0.05) is 18.0 Å². The number of thiazole rings is 1. The average Bonchev–Trinajstić information content (AvgIpc) is 3.15. The van der Waals surface area contributed by atoms with Crippen molar-refractivity contribution in [3.8, 4) is 0 Å². The summed E-state index contributed by atoms with van der Waals surface area (Å²) in [6.45, 7) is 1.60. The highest BCUT2D eigenvalue weighted by atomic mass is 35.5. The first-order valence-corrected chi connectivity index (χ1v) is 11.2. The normalized spacial score (nSPS) is 19.7. The van der Waals surface area contributed by atoms with E-state index in [2.05, 4.69) is 10.3 Å². The largest absolute Gasteiger partial charge is 0.350 e. The number of aromatic nitrogens is 1. The Hall–Kier alpha value is -1.99. The van der Waals surface area contributed by atoms with Gasteiger partial charge in [0.25, 0.3) is 5.91 Å². The van der Waals surface area contributed by atoms with Crippen molar-refractivity contribution in [2.45, 2.75) is 44.6 Å². The second-order valence-electron chi connectivity index (χ2n) is 7.74. The molecule has 4 rings (SSSR count). The summed E-state index contributed by atoms with van der Waals surface area (Å²) in [4.78, 5) is 31.3. The molecule has 29 heavy (non-hydrogen) atoms. The van der Waals surface area contributed by atoms with E-state index in [1.807, 2.05) is 5.38 Å². The number of nitrogens with one attached hydrogen (secondary N) is 1. The summed E-state index contributed by atoms with van der Waals surface area (Å²) >= 11 is 7.67. The maximum atomic E-state index is 13.6. The van der Waals surface area contributed by atoms with Crippen LogP contribution in [0.25, 0.3) is 0 Å². The van der Waals surface area contributed by atoms with Crippen molar-refractivity contribution in [2.75, 3.05) is 13.1 Å². The molecule has 5 nitrogen and oxygen atoms in total. The standard InChI is InChI=1S/C21H23ClFN3O2S/c22-18-7-6-15(23)9-17(18)21(28)26-8-2-5-14(11-26)20-25-16(12-29-20)10-24-19(27)13-3-1-4-13/h6-7,9,12-14H,1-5,8,10-11H2,(H,24,27). The number of hydrogen-bond donors (Lipinski definition) is 1. The molecule has 8 heteroatoms. The Morgan fingerprint density at radius 2 is 2.10 bits per heavy atom. The zero-order valence-electron chi connectivity index (χ0n) is 16.0. The van der Waals surface area contributed by atoms with Crippen molar-refractivity contribution in [3.63, 3.8) is 0 Å². The molecule has 2 aliphatic rings. The Balaban J connectivity index is 1.38. The number of hydrogen-bond acceptors (Lipinski definition) is 4. The Morgan fingerprint density at radius 1 is 1.28 bits per heavy atom. The van der Waals surface area contributed by atoms with Crippen molar-refractivity contribution in [2.24, 2.45) is 5.92 Å². The minimum Gasteiger partial charge on any atom is -0.350 e. The fraction of sp³-hybridized carbons (Fsp3) is 0.476. The third-order valence-corrected chi connectivity index (χ3v) is 7.09. The van der Waals surface area contributed by atoms with Gasteiger partial charge in [-0.2, -0.15) is 0 Å². The van der Waals surface area contributed by atoms with Crippen molar-refractivity contribution in [3.05, 3.63) is 50.7 Å². The third kappa shape index (κ3) is 4.61. The lowest BCUT2D eigenvalue weighted by atomic mass is 9.85. The highest BCUT2D eigenvalue weighted by Crippen LogP contribution is 2.31. The molecule has 1 saturated carbocycles. The van der Waals surface area contributed by atoms with Crippen molar-refractivity contribution < 1.29 is 14.0 Å². The molecule has 1 atom stereocenters. The molecule has 1 saturated heterocycles. The first-order valence-electron chi connectivity index (χ1n) is 9.97. The average molecular weight is 436 g/mol. The summed E-state index contributed by atoms with van der Waals surface area (Å²) in [6.07, 6.45) is 4.90. The van der Waals surface area contributed by atoms with E-state index < -0.39 is 5.82 Å². The number of amides is 2. The van der Waals surface area contributed by atoms with Gasteiger partial charge in [0.1, 0.15) is 5.82 Å². The number of carbonyl (C=O) groups is 2. The maximum Gasteiger partial charge on any atom is 0.255 e. The lowest BCUT2D eigenvalue weighted by molar-refractivity contribution is -0.127. The molecule has 2 fully saturated rings. The van der Waals surface area contributed by atoms with Gasteiger partial charge in [0.2, 0.25) is 5.91 Å². The minimum atomic E-state index is -0.472. The van der Waals surface area contributed by atoms with Gasteiger partial charge in [-0.3, -0.25) is 9.59 Å². The fourth-order valence-electron chi connectivity index (χ4n) is 3.78. The molecule has 1 aromatic heterocycles. The van der Waals surface area contributed by atoms with Crippen molar-refractivity contribution in [1.29, 1.82) is 0 Å². The van der Waals surface area contributed by atoms with Crippen LogP contribution in [0.4, 0.5) is 4.39 Å². The molecule has 2 heterocycles. The maximum absolute atomic E-state index is 13.6. The van der Waals surface area contributed by atoms with Crippen LogP contribution in [-0.4, -0.2) is 34.8 Å². The highest BCUT2D eigenvalue weighted by Gasteiger charge is 2.29. The van der Waals surface area contributed by atoms with Gasteiger partial charge in [-0.15, -0.1) is 11.3 Å². The summed E-state index contributed by atoms with van der Waals surface area (Å²) in [5, 5.41) is 6.17. The Labute approximate surface area is 178 Å². The van der Waals surface area contributed by atoms with Crippen LogP contribution in [0.15, 0.2) is 23.6 Å². The van der Waals surface area contributed by atoms with E-state index in [1.54, 1.807) is 16.2 Å². The second kappa shape index (κ2) is 8.79. The van der Waals surface area contributed by atoms with Gasteiger partial charge in [0, 0.05) is 30.3 Å². The van der Waals surface area contributed by atoms with Crippen molar-refractivity contribution in [1.82, 2.24) is 15.2 Å². The van der Waals surface area contributed by atoms with Gasteiger partial charge >= 0.3 is 0 Å². The molecule has 0 radical (unpaired) electrons. The first kappa shape index (κ1) is 20.3. The molecule has 154 valence electrons. The molecule has 1 N–H and O–H groups in total. The molecule has 2 aromatic rings. The fourth-order valence-corrected chi connectivity index (χ4v) is 4.92. The molecule has 1 aromatic carbocycles. The van der Waals surface area contributed by atoms with Crippen LogP contribution < -0.4 is 5.32 Å². The lowest BCUT2D eigenvalue weighted by Crippen LogP contribution is -2.39. The first-order chi connectivity index (χ1) is 14.0. The Morgan fingerprint density at radius 3 is 2.86 bits per heavy atom. The van der Waals surface area contributed by atoms with Crippen LogP contribution in [0.5, 0.6) is 0 Å². The van der Waals surface area contributed by atoms with Crippen LogP contribution in [0.1, 0.15) is 59.1 Å². The van der Waals surface area contributed by atoms with E-state index in [1.165, 1.54) is 18.2 Å². The van der Waals surface area contributed by atoms with Crippen LogP contribution in [0.3, 0.4) is 0 Å². The summed E-state index contributed by atoms with van der Waals surface area (Å²) in [6, 6.07) is 3.86. The molecular weight excluding hydrogens is 413 g/mol. The predicted octanol–water partition coefficient (Wildman–Crippen LogP) is 4.37. The summed E-state index contributed by atoms with van der Waals surface area (Å²) in [5.41, 5.74) is 1.06. The number of benzene rings is 1. The van der Waals surface area contributed by atoms with E-state index in [4.69, 9.17) is 11.6 Å². The topological polar surface area (TPSA) is 62.3 Å². The van der Waals surface area contributed by atoms with Crippen LogP contribution in [0.2, 0.25) is 5.02 Å². The van der Waals surface area contributed by atoms with Crippen LogP contribution in [0, 0.1) is 11.7 Å². The lowest BCUT2D eigenvalue weighted by Gasteiger charge is -2.32. The Bertz CT molecular complexity index is 915.